The molecule has 2 bridgehead atoms. The summed E-state index contributed by atoms with van der Waals surface area (Å²) in [7, 11) is 6.44. The lowest BCUT2D eigenvalue weighted by Crippen LogP contribution is -2.61. The number of unbranched alkanes of at least 4 members (excludes halogenated alkanes) is 16. The number of fused-ring (bicyclic) bond motifs is 2. The van der Waals surface area contributed by atoms with Gasteiger partial charge in [-0.25, -0.2) is 4.98 Å². The van der Waals surface area contributed by atoms with Crippen LogP contribution in [0.4, 0.5) is 0 Å². The molecule has 2 aliphatic rings. The number of H-pyrrole nitrogens is 1. The average Bonchev–Trinajstić information content (AvgIpc) is 1.69. The lowest BCUT2D eigenvalue weighted by Gasteiger charge is -2.35. The van der Waals surface area contributed by atoms with Gasteiger partial charge in [0.25, 0.3) is 5.91 Å². The van der Waals surface area contributed by atoms with Crippen molar-refractivity contribution in [2.75, 3.05) is 65.7 Å². The first-order valence-corrected chi connectivity index (χ1v) is 42.8. The Morgan fingerprint density at radius 1 is 0.600 bits per heavy atom. The fraction of sp³-hybridized carbons (Fsp3) is 0.614. The third-order valence-electron chi connectivity index (χ3n) is 20.1. The van der Waals surface area contributed by atoms with Crippen molar-refractivity contribution in [1.29, 1.82) is 0 Å². The highest BCUT2D eigenvalue weighted by molar-refractivity contribution is 8.77. The number of carbonyl (C=O) groups excluding carboxylic acids is 10. The minimum atomic E-state index is -1.41. The van der Waals surface area contributed by atoms with Crippen LogP contribution in [0.15, 0.2) is 104 Å². The molecule has 7 atom stereocenters. The second-order valence-electron chi connectivity index (χ2n) is 30.5. The van der Waals surface area contributed by atoms with Gasteiger partial charge in [-0.15, -0.1) is 0 Å². The van der Waals surface area contributed by atoms with Crippen LogP contribution in [-0.4, -0.2) is 197 Å². The van der Waals surface area contributed by atoms with E-state index in [4.69, 9.17) is 0 Å². The SMILES string of the molecule is CCCCCCCCCCCCCCCC(=O)NCC[N+](C)(C)CC(=O)NCCCCCC(=O)NCCCC[C@H](NC(=O)[C@@H]1C[C@H]2CN1C(=O)[C@H](C(c1ccccc1)c1ccccc1)NC(=O)[C@H](Cc1cnc[nH]1)NC(=O)[C@@H](NC(=O)[C@H](CCC(=O)O)NC(=O)CC(C)C)CSS2)C(=O)NCCCCc1ccccc1. The highest BCUT2D eigenvalue weighted by atomic mass is 33.1. The van der Waals surface area contributed by atoms with Crippen molar-refractivity contribution < 1.29 is 62.3 Å². The molecule has 3 aromatic carbocycles. The zero-order valence-electron chi connectivity index (χ0n) is 65.8. The van der Waals surface area contributed by atoms with E-state index in [-0.39, 0.29) is 74.6 Å². The summed E-state index contributed by atoms with van der Waals surface area (Å²) in [5.74, 6) is -6.85. The molecule has 110 heavy (non-hydrogen) atoms. The van der Waals surface area contributed by atoms with E-state index in [1.165, 1.54) is 115 Å². The summed E-state index contributed by atoms with van der Waals surface area (Å²) >= 11 is 0. The molecule has 10 amide bonds. The number of carboxylic acid groups (broad SMARTS) is 1. The number of hydrogen-bond donors (Lipinski definition) is 11. The zero-order chi connectivity index (χ0) is 79.3. The Kier molecular flexibility index (Phi) is 42.2. The number of quaternary nitrogens is 1. The maximum atomic E-state index is 16.0. The van der Waals surface area contributed by atoms with Gasteiger partial charge in [0, 0.05) is 87.1 Å². The van der Waals surface area contributed by atoms with Crippen LogP contribution < -0.4 is 47.9 Å². The van der Waals surface area contributed by atoms with E-state index < -0.39 is 101 Å². The number of imidazole rings is 1. The van der Waals surface area contributed by atoms with Gasteiger partial charge in [-0.2, -0.15) is 0 Å². The molecule has 2 saturated heterocycles. The predicted molar refractivity (Wildman–Crippen MR) is 433 cm³/mol. The summed E-state index contributed by atoms with van der Waals surface area (Å²) in [5, 5.41) is 35.6. The molecule has 2 fully saturated rings. The van der Waals surface area contributed by atoms with Crippen molar-refractivity contribution in [3.8, 4) is 0 Å². The van der Waals surface area contributed by atoms with Gasteiger partial charge < -0.3 is 67.3 Å². The molecule has 0 aliphatic carbocycles. The number of hydrogen-bond acceptors (Lipinski definition) is 14. The third kappa shape index (κ3) is 35.4. The van der Waals surface area contributed by atoms with Gasteiger partial charge in [0.15, 0.2) is 6.54 Å². The van der Waals surface area contributed by atoms with Gasteiger partial charge in [-0.05, 0) is 93.2 Å². The van der Waals surface area contributed by atoms with Crippen LogP contribution in [0.2, 0.25) is 0 Å². The van der Waals surface area contributed by atoms with Crippen LogP contribution in [0.25, 0.3) is 0 Å². The molecule has 1 aromatic heterocycles. The van der Waals surface area contributed by atoms with E-state index in [9.17, 15) is 43.5 Å². The predicted octanol–water partition coefficient (Wildman–Crippen LogP) is 9.26. The highest BCUT2D eigenvalue weighted by Gasteiger charge is 2.47. The number of likely N-dealkylation sites (N-methyl/N-ethyl adjacent to an activating group) is 1. The molecule has 6 rings (SSSR count). The minimum Gasteiger partial charge on any atom is -0.481 e. The van der Waals surface area contributed by atoms with Gasteiger partial charge >= 0.3 is 5.97 Å². The number of aryl methyl sites for hydroxylation is 1. The van der Waals surface area contributed by atoms with Crippen molar-refractivity contribution in [2.45, 2.75) is 254 Å². The number of rotatable bonds is 51. The quantitative estimate of drug-likeness (QED) is 0.0111. The van der Waals surface area contributed by atoms with Crippen LogP contribution in [0.1, 0.15) is 222 Å². The van der Waals surface area contributed by atoms with E-state index in [0.29, 0.717) is 99.0 Å². The standard InChI is InChI=1S/C83H125N13O12S2/c1-6-7-8-9-10-11-12-13-14-15-16-17-28-43-72(98)87-50-51-96(4,5)57-74(100)86-47-32-21-29-44-71(97)85-48-34-31-42-66(78(103)88-49-33-30-37-61-35-22-18-23-36-61)91-82(107)70-54-65-56-95(70)83(108)77(76(62-38-24-19-25-39-62)63-40-26-20-27-41-63)94-80(105)68(53-64-55-84-59-89-64)92-81(106)69(58-109-110-65)93-79(104)67(45-46-75(101)102)90-73(99)52-60(2)3/h18-20,22-27,35-36,38-41,55,59-60,65-70,76-77H,6-17,21,28-34,37,42-54,56-58H2,1-5H3,(H10-,84,85,86,87,88,89,90,91,92,93,94,97,98,99,100,101,102,103,104,105,106,107)/p+1/t65-,66-,67-,68-,69-,70-,77-/m0/s1. The molecule has 0 saturated carbocycles. The van der Waals surface area contributed by atoms with Crippen LogP contribution in [0.3, 0.4) is 0 Å². The Hall–Kier alpha value is -8.30. The Morgan fingerprint density at radius 2 is 1.15 bits per heavy atom. The molecule has 11 N–H and O–H groups in total. The van der Waals surface area contributed by atoms with Crippen LogP contribution >= 0.6 is 21.6 Å². The molecular formula is C83H126N13O12S2+. The van der Waals surface area contributed by atoms with E-state index in [2.05, 4.69) is 76.9 Å². The minimum absolute atomic E-state index is 0.00683. The number of nitrogens with one attached hydrogen (secondary N) is 10. The van der Waals surface area contributed by atoms with Gasteiger partial charge in [0.1, 0.15) is 36.3 Å². The zero-order valence-corrected chi connectivity index (χ0v) is 67.4. The number of aromatic nitrogens is 2. The summed E-state index contributed by atoms with van der Waals surface area (Å²) in [6.07, 6.45) is 24.7. The van der Waals surface area contributed by atoms with Crippen LogP contribution in [-0.2, 0) is 65.6 Å². The third-order valence-corrected chi connectivity index (χ3v) is 22.9. The average molecular weight is 1560 g/mol. The first kappa shape index (κ1) is 90.6. The van der Waals surface area contributed by atoms with Gasteiger partial charge in [-0.1, -0.05) is 217 Å². The van der Waals surface area contributed by atoms with E-state index in [1.54, 1.807) is 0 Å². The largest absolute Gasteiger partial charge is 0.481 e. The molecule has 4 aromatic rings. The summed E-state index contributed by atoms with van der Waals surface area (Å²) < 4.78 is 0.432. The smallest absolute Gasteiger partial charge is 0.303 e. The monoisotopic (exact) mass is 1560 g/mol. The molecule has 2 aliphatic heterocycles. The molecule has 25 nitrogen and oxygen atoms in total. The molecule has 0 spiro atoms. The Balaban J connectivity index is 1.08. The van der Waals surface area contributed by atoms with E-state index in [0.717, 1.165) is 32.1 Å². The molecule has 606 valence electrons. The normalized spacial score (nSPS) is 17.4. The summed E-state index contributed by atoms with van der Waals surface area (Å²) in [5.41, 5.74) is 2.93. The van der Waals surface area contributed by atoms with Gasteiger partial charge in [-0.3, -0.25) is 52.7 Å². The Morgan fingerprint density at radius 3 is 1.75 bits per heavy atom. The lowest BCUT2D eigenvalue weighted by atomic mass is 9.84. The summed E-state index contributed by atoms with van der Waals surface area (Å²) in [4.78, 5) is 162. The first-order valence-electron chi connectivity index (χ1n) is 40.4. The second kappa shape index (κ2) is 51.3. The number of nitrogens with zero attached hydrogens (tertiary/aromatic N) is 3. The number of amides is 10. The number of carbonyl (C=O) groups is 11. The van der Waals surface area contributed by atoms with Crippen molar-refractivity contribution in [2.24, 2.45) is 5.92 Å². The van der Waals surface area contributed by atoms with Crippen molar-refractivity contribution >= 4 is 86.6 Å². The Labute approximate surface area is 660 Å². The molecular weight excluding hydrogens is 1440 g/mol. The molecule has 27 heteroatoms. The van der Waals surface area contributed by atoms with Crippen molar-refractivity contribution in [1.82, 2.24) is 62.7 Å². The number of aromatic amines is 1. The highest BCUT2D eigenvalue weighted by Crippen LogP contribution is 2.38. The van der Waals surface area contributed by atoms with Gasteiger partial charge in [0.05, 0.1) is 33.5 Å². The lowest BCUT2D eigenvalue weighted by molar-refractivity contribution is -0.881. The van der Waals surface area contributed by atoms with Gasteiger partial charge in [0.2, 0.25) is 53.2 Å². The fourth-order valence-corrected chi connectivity index (χ4v) is 16.6. The molecule has 0 radical (unpaired) electrons. The maximum Gasteiger partial charge on any atom is 0.303 e. The van der Waals surface area contributed by atoms with Crippen LogP contribution in [0.5, 0.6) is 0 Å². The van der Waals surface area contributed by atoms with Crippen molar-refractivity contribution in [3.63, 3.8) is 0 Å². The Bertz CT molecular complexity index is 3390. The first-order chi connectivity index (χ1) is 53.1. The van der Waals surface area contributed by atoms with Crippen LogP contribution in [0, 0.1) is 5.92 Å². The topological polar surface area (TPSA) is 348 Å². The summed E-state index contributed by atoms with van der Waals surface area (Å²) in [6.45, 7) is 8.42. The maximum absolute atomic E-state index is 16.0. The number of carboxylic acids is 1. The fourth-order valence-electron chi connectivity index (χ4n) is 13.9. The molecule has 0 unspecified atom stereocenters. The van der Waals surface area contributed by atoms with E-state index >= 15 is 14.4 Å². The summed E-state index contributed by atoms with van der Waals surface area (Å²) in [6, 6.07) is 20.6. The van der Waals surface area contributed by atoms with Crippen molar-refractivity contribution in [3.05, 3.63) is 126 Å². The molecule has 3 heterocycles. The number of benzene rings is 3. The van der Waals surface area contributed by atoms with E-state index in [1.807, 2.05) is 107 Å². The second-order valence-corrected chi connectivity index (χ2v) is 33.3. The number of aliphatic carboxylic acids is 1.